The number of rotatable bonds is 5. The molecular formula is C19H29NO3. The minimum absolute atomic E-state index is 0.0585. The van der Waals surface area contributed by atoms with Crippen LogP contribution in [0.1, 0.15) is 47.0 Å². The largest absolute Gasteiger partial charge is 0.460 e. The average Bonchev–Trinajstić information content (AvgIpc) is 2.60. The van der Waals surface area contributed by atoms with E-state index >= 15 is 0 Å². The van der Waals surface area contributed by atoms with Crippen LogP contribution in [0.4, 0.5) is 0 Å². The second-order valence-corrected chi connectivity index (χ2v) is 6.91. The van der Waals surface area contributed by atoms with Crippen molar-refractivity contribution in [1.29, 1.82) is 0 Å². The molecule has 128 valence electrons. The Labute approximate surface area is 139 Å². The fourth-order valence-electron chi connectivity index (χ4n) is 2.72. The minimum Gasteiger partial charge on any atom is -0.460 e. The fraction of sp³-hybridized carbons (Fsp3) is 0.579. The fourth-order valence-corrected chi connectivity index (χ4v) is 2.72. The number of carbonyl (C=O) groups excluding carboxylic acids is 2. The number of ether oxygens (including phenoxy) is 1. The first-order valence-corrected chi connectivity index (χ1v) is 8.21. The van der Waals surface area contributed by atoms with Gasteiger partial charge in [-0.1, -0.05) is 30.9 Å². The maximum Gasteiger partial charge on any atom is 0.307 e. The topological polar surface area (TPSA) is 55.4 Å². The van der Waals surface area contributed by atoms with Crippen molar-refractivity contribution in [1.82, 2.24) is 5.32 Å². The van der Waals surface area contributed by atoms with Gasteiger partial charge in [-0.2, -0.15) is 0 Å². The van der Waals surface area contributed by atoms with Crippen molar-refractivity contribution in [3.8, 4) is 0 Å². The van der Waals surface area contributed by atoms with E-state index in [2.05, 4.69) is 11.9 Å². The highest BCUT2D eigenvalue weighted by Crippen LogP contribution is 2.26. The van der Waals surface area contributed by atoms with E-state index in [-0.39, 0.29) is 30.1 Å². The summed E-state index contributed by atoms with van der Waals surface area (Å²) in [7, 11) is 0. The van der Waals surface area contributed by atoms with Gasteiger partial charge in [0.1, 0.15) is 5.60 Å². The third kappa shape index (κ3) is 6.85. The summed E-state index contributed by atoms with van der Waals surface area (Å²) < 4.78 is 5.33. The van der Waals surface area contributed by atoms with Crippen LogP contribution in [-0.4, -0.2) is 24.0 Å². The predicted molar refractivity (Wildman–Crippen MR) is 92.8 cm³/mol. The number of nitrogens with one attached hydrogen (secondary N) is 1. The van der Waals surface area contributed by atoms with E-state index in [1.165, 1.54) is 0 Å². The predicted octanol–water partition coefficient (Wildman–Crippen LogP) is 3.55. The third-order valence-electron chi connectivity index (χ3n) is 3.73. The van der Waals surface area contributed by atoms with Crippen LogP contribution in [0.15, 0.2) is 36.5 Å². The van der Waals surface area contributed by atoms with Crippen molar-refractivity contribution in [2.45, 2.75) is 52.6 Å². The van der Waals surface area contributed by atoms with Crippen LogP contribution in [-0.2, 0) is 14.3 Å². The van der Waals surface area contributed by atoms with Crippen LogP contribution < -0.4 is 5.32 Å². The summed E-state index contributed by atoms with van der Waals surface area (Å²) in [5.74, 6) is -0.439. The first-order valence-electron chi connectivity index (χ1n) is 8.21. The first kappa shape index (κ1) is 19.2. The molecule has 0 aliphatic carbocycles. The van der Waals surface area contributed by atoms with Crippen molar-refractivity contribution in [3.63, 3.8) is 0 Å². The van der Waals surface area contributed by atoms with E-state index in [1.807, 2.05) is 45.9 Å². The molecule has 2 atom stereocenters. The maximum absolute atomic E-state index is 12.2. The second-order valence-electron chi connectivity index (χ2n) is 6.91. The molecular weight excluding hydrogens is 290 g/mol. The Bertz CT molecular complexity index is 497. The van der Waals surface area contributed by atoms with Gasteiger partial charge in [0.05, 0.1) is 6.42 Å². The lowest BCUT2D eigenvalue weighted by atomic mass is 9.90. The molecule has 23 heavy (non-hydrogen) atoms. The Kier molecular flexibility index (Phi) is 7.27. The molecule has 0 aromatic heterocycles. The van der Waals surface area contributed by atoms with Gasteiger partial charge in [-0.3, -0.25) is 9.59 Å². The van der Waals surface area contributed by atoms with Crippen molar-refractivity contribution < 1.29 is 14.3 Å². The van der Waals surface area contributed by atoms with E-state index < -0.39 is 5.60 Å². The van der Waals surface area contributed by atoms with Gasteiger partial charge in [0.25, 0.3) is 0 Å². The molecule has 4 nitrogen and oxygen atoms in total. The summed E-state index contributed by atoms with van der Waals surface area (Å²) in [5.41, 5.74) is 0.632. The molecule has 1 heterocycles. The molecule has 4 heteroatoms. The number of amides is 1. The minimum atomic E-state index is -0.521. The van der Waals surface area contributed by atoms with E-state index in [1.54, 1.807) is 6.08 Å². The molecule has 0 spiro atoms. The van der Waals surface area contributed by atoms with Gasteiger partial charge >= 0.3 is 5.97 Å². The molecule has 1 fully saturated rings. The SMILES string of the molecule is C=C/C=C(\C=C/C)C1CCC(CC(=O)OC(C)(C)C)C(=O)NC1. The zero-order chi connectivity index (χ0) is 17.5. The number of esters is 1. The van der Waals surface area contributed by atoms with Crippen LogP contribution in [0.25, 0.3) is 0 Å². The number of carbonyl (C=O) groups is 2. The molecule has 1 rings (SSSR count). The molecule has 1 saturated heterocycles. The van der Waals surface area contributed by atoms with Crippen LogP contribution in [0.2, 0.25) is 0 Å². The lowest BCUT2D eigenvalue weighted by Crippen LogP contribution is -2.33. The normalized spacial score (nSPS) is 23.3. The molecule has 1 aliphatic rings. The highest BCUT2D eigenvalue weighted by Gasteiger charge is 2.29. The summed E-state index contributed by atoms with van der Waals surface area (Å²) in [6, 6.07) is 0. The van der Waals surface area contributed by atoms with Gasteiger partial charge < -0.3 is 10.1 Å². The zero-order valence-electron chi connectivity index (χ0n) is 14.7. The summed E-state index contributed by atoms with van der Waals surface area (Å²) in [4.78, 5) is 24.2. The highest BCUT2D eigenvalue weighted by molar-refractivity contribution is 5.84. The summed E-state index contributed by atoms with van der Waals surface area (Å²) in [6.07, 6.45) is 9.45. The van der Waals surface area contributed by atoms with E-state index in [0.29, 0.717) is 13.0 Å². The van der Waals surface area contributed by atoms with Crippen molar-refractivity contribution in [2.75, 3.05) is 6.54 Å². The van der Waals surface area contributed by atoms with Crippen LogP contribution in [0.5, 0.6) is 0 Å². The smallest absolute Gasteiger partial charge is 0.307 e. The molecule has 0 saturated carbocycles. The Balaban J connectivity index is 2.71. The number of hydrogen-bond donors (Lipinski definition) is 1. The van der Waals surface area contributed by atoms with Gasteiger partial charge in [-0.25, -0.2) is 0 Å². The van der Waals surface area contributed by atoms with Gasteiger partial charge in [0.15, 0.2) is 0 Å². The van der Waals surface area contributed by atoms with Crippen molar-refractivity contribution in [3.05, 3.63) is 36.5 Å². The lowest BCUT2D eigenvalue weighted by Gasteiger charge is -2.21. The molecule has 0 radical (unpaired) electrons. The van der Waals surface area contributed by atoms with Gasteiger partial charge in [-0.05, 0) is 46.1 Å². The van der Waals surface area contributed by atoms with Crippen LogP contribution in [0.3, 0.4) is 0 Å². The van der Waals surface area contributed by atoms with E-state index in [4.69, 9.17) is 4.74 Å². The first-order chi connectivity index (χ1) is 10.8. The number of hydrogen-bond acceptors (Lipinski definition) is 3. The molecule has 0 bridgehead atoms. The highest BCUT2D eigenvalue weighted by atomic mass is 16.6. The molecule has 0 aromatic carbocycles. The molecule has 1 N–H and O–H groups in total. The summed E-state index contributed by atoms with van der Waals surface area (Å²) in [5, 5.41) is 2.95. The van der Waals surface area contributed by atoms with Crippen molar-refractivity contribution >= 4 is 11.9 Å². The molecule has 1 amide bonds. The van der Waals surface area contributed by atoms with Gasteiger partial charge in [0, 0.05) is 18.4 Å². The molecule has 2 unspecified atom stereocenters. The summed E-state index contributed by atoms with van der Waals surface area (Å²) >= 11 is 0. The van der Waals surface area contributed by atoms with Crippen molar-refractivity contribution in [2.24, 2.45) is 11.8 Å². The Morgan fingerprint density at radius 1 is 1.39 bits per heavy atom. The standard InChI is InChI=1S/C19H29NO3/c1-6-8-14(9-7-2)16-11-10-15(18(22)20-13-16)12-17(21)23-19(3,4)5/h6-9,15-16H,1,10-13H2,2-5H3,(H,20,22)/b9-7-,14-8+. The Morgan fingerprint density at radius 2 is 2.09 bits per heavy atom. The Morgan fingerprint density at radius 3 is 2.65 bits per heavy atom. The van der Waals surface area contributed by atoms with E-state index in [0.717, 1.165) is 12.0 Å². The quantitative estimate of drug-likeness (QED) is 0.623. The van der Waals surface area contributed by atoms with E-state index in [9.17, 15) is 9.59 Å². The second kappa shape index (κ2) is 8.70. The van der Waals surface area contributed by atoms with Crippen LogP contribution >= 0.6 is 0 Å². The third-order valence-corrected chi connectivity index (χ3v) is 3.73. The average molecular weight is 319 g/mol. The summed E-state index contributed by atoms with van der Waals surface area (Å²) in [6.45, 7) is 11.8. The Hall–Kier alpha value is -1.84. The number of allylic oxidation sites excluding steroid dienone is 4. The monoisotopic (exact) mass is 319 g/mol. The van der Waals surface area contributed by atoms with Gasteiger partial charge in [-0.15, -0.1) is 0 Å². The van der Waals surface area contributed by atoms with Gasteiger partial charge in [0.2, 0.25) is 5.91 Å². The van der Waals surface area contributed by atoms with Crippen LogP contribution in [0, 0.1) is 11.8 Å². The zero-order valence-corrected chi connectivity index (χ0v) is 14.7. The lowest BCUT2D eigenvalue weighted by molar-refractivity contribution is -0.157. The molecule has 0 aromatic rings. The molecule has 1 aliphatic heterocycles. The maximum atomic E-state index is 12.2.